The van der Waals surface area contributed by atoms with E-state index in [2.05, 4.69) is 10.1 Å². The summed E-state index contributed by atoms with van der Waals surface area (Å²) in [4.78, 5) is 12.0. The molecular formula is C18H18F3NO2. The van der Waals surface area contributed by atoms with Crippen LogP contribution in [-0.2, 0) is 11.2 Å². The molecule has 0 saturated heterocycles. The first kappa shape index (κ1) is 17.8. The fraction of sp³-hybridized carbons (Fsp3) is 0.278. The Bertz CT molecular complexity index is 657. The van der Waals surface area contributed by atoms with E-state index < -0.39 is 6.61 Å². The SMILES string of the molecule is CC(NC(=O)CCc1ccc(F)cc1)c1ccc(OC(F)F)cc1. The fourth-order valence-electron chi connectivity index (χ4n) is 2.24. The average Bonchev–Trinajstić information content (AvgIpc) is 2.54. The summed E-state index contributed by atoms with van der Waals surface area (Å²) in [5, 5.41) is 2.84. The first-order valence-corrected chi connectivity index (χ1v) is 7.52. The molecule has 24 heavy (non-hydrogen) atoms. The molecule has 128 valence electrons. The van der Waals surface area contributed by atoms with Crippen LogP contribution >= 0.6 is 0 Å². The monoisotopic (exact) mass is 337 g/mol. The lowest BCUT2D eigenvalue weighted by molar-refractivity contribution is -0.121. The third kappa shape index (κ3) is 5.61. The molecule has 0 aliphatic rings. The Morgan fingerprint density at radius 3 is 2.29 bits per heavy atom. The minimum absolute atomic E-state index is 0.0728. The van der Waals surface area contributed by atoms with E-state index in [-0.39, 0.29) is 29.9 Å². The summed E-state index contributed by atoms with van der Waals surface area (Å²) in [5.74, 6) is -0.376. The average molecular weight is 337 g/mol. The summed E-state index contributed by atoms with van der Waals surface area (Å²) in [6, 6.07) is 11.9. The molecule has 0 bridgehead atoms. The Kier molecular flexibility index (Phi) is 6.23. The van der Waals surface area contributed by atoms with Crippen molar-refractivity contribution in [1.29, 1.82) is 0 Å². The maximum absolute atomic E-state index is 12.8. The van der Waals surface area contributed by atoms with Crippen LogP contribution in [0.15, 0.2) is 48.5 Å². The highest BCUT2D eigenvalue weighted by Gasteiger charge is 2.11. The number of halogens is 3. The van der Waals surface area contributed by atoms with Crippen molar-refractivity contribution < 1.29 is 22.7 Å². The number of rotatable bonds is 7. The largest absolute Gasteiger partial charge is 0.435 e. The van der Waals surface area contributed by atoms with Crippen molar-refractivity contribution in [2.24, 2.45) is 0 Å². The molecule has 1 atom stereocenters. The smallest absolute Gasteiger partial charge is 0.387 e. The van der Waals surface area contributed by atoms with Crippen LogP contribution in [0.1, 0.15) is 30.5 Å². The molecule has 0 aromatic heterocycles. The molecule has 1 amide bonds. The second-order valence-electron chi connectivity index (χ2n) is 5.36. The van der Waals surface area contributed by atoms with Crippen LogP contribution in [0.5, 0.6) is 5.75 Å². The summed E-state index contributed by atoms with van der Waals surface area (Å²) in [6.45, 7) is -1.06. The zero-order valence-corrected chi connectivity index (χ0v) is 13.1. The molecule has 6 heteroatoms. The molecular weight excluding hydrogens is 319 g/mol. The number of amides is 1. The van der Waals surface area contributed by atoms with Crippen LogP contribution in [0.2, 0.25) is 0 Å². The third-order valence-electron chi connectivity index (χ3n) is 3.54. The van der Waals surface area contributed by atoms with Gasteiger partial charge in [-0.25, -0.2) is 4.39 Å². The van der Waals surface area contributed by atoms with Crippen LogP contribution in [0.4, 0.5) is 13.2 Å². The van der Waals surface area contributed by atoms with Crippen molar-refractivity contribution in [2.75, 3.05) is 0 Å². The molecule has 0 fully saturated rings. The summed E-state index contributed by atoms with van der Waals surface area (Å²) in [5.41, 5.74) is 1.67. The Hall–Kier alpha value is -2.50. The van der Waals surface area contributed by atoms with Crippen LogP contribution in [0, 0.1) is 5.82 Å². The van der Waals surface area contributed by atoms with Crippen LogP contribution < -0.4 is 10.1 Å². The van der Waals surface area contributed by atoms with E-state index in [4.69, 9.17) is 0 Å². The van der Waals surface area contributed by atoms with Gasteiger partial charge in [0.1, 0.15) is 11.6 Å². The highest BCUT2D eigenvalue weighted by atomic mass is 19.3. The van der Waals surface area contributed by atoms with Crippen molar-refractivity contribution in [3.63, 3.8) is 0 Å². The van der Waals surface area contributed by atoms with Gasteiger partial charge in [0.2, 0.25) is 5.91 Å². The second kappa shape index (κ2) is 8.38. The van der Waals surface area contributed by atoms with Gasteiger partial charge in [0.25, 0.3) is 0 Å². The third-order valence-corrected chi connectivity index (χ3v) is 3.54. The zero-order valence-electron chi connectivity index (χ0n) is 13.1. The molecule has 1 unspecified atom stereocenters. The number of carbonyl (C=O) groups is 1. The number of carbonyl (C=O) groups excluding carboxylic acids is 1. The maximum atomic E-state index is 12.8. The normalized spacial score (nSPS) is 12.0. The lowest BCUT2D eigenvalue weighted by Crippen LogP contribution is -2.26. The number of ether oxygens (including phenoxy) is 1. The van der Waals surface area contributed by atoms with Crippen molar-refractivity contribution in [3.8, 4) is 5.75 Å². The lowest BCUT2D eigenvalue weighted by atomic mass is 10.1. The molecule has 2 aromatic carbocycles. The van der Waals surface area contributed by atoms with Gasteiger partial charge in [-0.3, -0.25) is 4.79 Å². The molecule has 0 aliphatic heterocycles. The number of hydrogen-bond donors (Lipinski definition) is 1. The van der Waals surface area contributed by atoms with Gasteiger partial charge in [-0.2, -0.15) is 8.78 Å². The molecule has 2 aromatic rings. The molecule has 0 saturated carbocycles. The minimum atomic E-state index is -2.86. The molecule has 0 heterocycles. The molecule has 0 spiro atoms. The summed E-state index contributed by atoms with van der Waals surface area (Å²) >= 11 is 0. The summed E-state index contributed by atoms with van der Waals surface area (Å²) < 4.78 is 41.3. The van der Waals surface area contributed by atoms with Gasteiger partial charge < -0.3 is 10.1 Å². The highest BCUT2D eigenvalue weighted by Crippen LogP contribution is 2.19. The van der Waals surface area contributed by atoms with E-state index in [0.717, 1.165) is 11.1 Å². The van der Waals surface area contributed by atoms with Crippen LogP contribution in [0.3, 0.4) is 0 Å². The van der Waals surface area contributed by atoms with Gasteiger partial charge in [0.15, 0.2) is 0 Å². The maximum Gasteiger partial charge on any atom is 0.387 e. The number of alkyl halides is 2. The van der Waals surface area contributed by atoms with E-state index in [9.17, 15) is 18.0 Å². The van der Waals surface area contributed by atoms with Crippen molar-refractivity contribution in [3.05, 3.63) is 65.5 Å². The number of hydrogen-bond acceptors (Lipinski definition) is 2. The first-order valence-electron chi connectivity index (χ1n) is 7.52. The quantitative estimate of drug-likeness (QED) is 0.821. The van der Waals surface area contributed by atoms with E-state index in [0.29, 0.717) is 6.42 Å². The Balaban J connectivity index is 1.83. The topological polar surface area (TPSA) is 38.3 Å². The molecule has 1 N–H and O–H groups in total. The van der Waals surface area contributed by atoms with Crippen LogP contribution in [-0.4, -0.2) is 12.5 Å². The first-order chi connectivity index (χ1) is 11.4. The standard InChI is InChI=1S/C18H18F3NO2/c1-12(14-5-9-16(10-6-14)24-18(20)21)22-17(23)11-4-13-2-7-15(19)8-3-13/h2-3,5-10,12,18H,4,11H2,1H3,(H,22,23). The number of nitrogens with one attached hydrogen (secondary N) is 1. The highest BCUT2D eigenvalue weighted by molar-refractivity contribution is 5.76. The Morgan fingerprint density at radius 1 is 1.08 bits per heavy atom. The van der Waals surface area contributed by atoms with E-state index in [1.165, 1.54) is 24.3 Å². The summed E-state index contributed by atoms with van der Waals surface area (Å²) in [6.07, 6.45) is 0.794. The Morgan fingerprint density at radius 2 is 1.71 bits per heavy atom. The second-order valence-corrected chi connectivity index (χ2v) is 5.36. The minimum Gasteiger partial charge on any atom is -0.435 e. The molecule has 3 nitrogen and oxygen atoms in total. The van der Waals surface area contributed by atoms with E-state index in [1.807, 2.05) is 0 Å². The van der Waals surface area contributed by atoms with E-state index in [1.54, 1.807) is 31.2 Å². The van der Waals surface area contributed by atoms with Crippen molar-refractivity contribution in [1.82, 2.24) is 5.32 Å². The lowest BCUT2D eigenvalue weighted by Gasteiger charge is -2.15. The van der Waals surface area contributed by atoms with Gasteiger partial charge in [-0.1, -0.05) is 24.3 Å². The number of aryl methyl sites for hydroxylation is 1. The fourth-order valence-corrected chi connectivity index (χ4v) is 2.24. The van der Waals surface area contributed by atoms with Gasteiger partial charge in [0, 0.05) is 6.42 Å². The molecule has 0 aliphatic carbocycles. The Labute approximate surface area is 138 Å². The predicted octanol–water partition coefficient (Wildman–Crippen LogP) is 4.24. The van der Waals surface area contributed by atoms with Crippen LogP contribution in [0.25, 0.3) is 0 Å². The van der Waals surface area contributed by atoms with Gasteiger partial charge >= 0.3 is 6.61 Å². The molecule has 0 radical (unpaired) electrons. The van der Waals surface area contributed by atoms with E-state index >= 15 is 0 Å². The van der Waals surface area contributed by atoms with Crippen molar-refractivity contribution >= 4 is 5.91 Å². The van der Waals surface area contributed by atoms with Gasteiger partial charge in [-0.15, -0.1) is 0 Å². The summed E-state index contributed by atoms with van der Waals surface area (Å²) in [7, 11) is 0. The van der Waals surface area contributed by atoms with Crippen molar-refractivity contribution in [2.45, 2.75) is 32.4 Å². The molecule has 2 rings (SSSR count). The number of benzene rings is 2. The van der Waals surface area contributed by atoms with Gasteiger partial charge in [0.05, 0.1) is 6.04 Å². The zero-order chi connectivity index (χ0) is 17.5. The van der Waals surface area contributed by atoms with Gasteiger partial charge in [-0.05, 0) is 48.7 Å². The predicted molar refractivity (Wildman–Crippen MR) is 84.4 cm³/mol.